The minimum atomic E-state index is 0.257. The second-order valence-corrected chi connectivity index (χ2v) is 6.59. The molecule has 18 heavy (non-hydrogen) atoms. The summed E-state index contributed by atoms with van der Waals surface area (Å²) < 4.78 is 0. The van der Waals surface area contributed by atoms with Crippen LogP contribution in [0.15, 0.2) is 36.0 Å². The average Bonchev–Trinajstić information content (AvgIpc) is 2.78. The molecule has 2 N–H and O–H groups in total. The fourth-order valence-corrected chi connectivity index (χ4v) is 4.40. The van der Waals surface area contributed by atoms with Gasteiger partial charge in [-0.05, 0) is 48.7 Å². The van der Waals surface area contributed by atoms with Gasteiger partial charge in [0.15, 0.2) is 0 Å². The monoisotopic (exact) mass is 241 g/mol. The molecule has 2 saturated carbocycles. The van der Waals surface area contributed by atoms with E-state index >= 15 is 0 Å². The number of benzene rings is 1. The van der Waals surface area contributed by atoms with Crippen molar-refractivity contribution in [1.82, 2.24) is 0 Å². The van der Waals surface area contributed by atoms with Crippen LogP contribution in [-0.4, -0.2) is 0 Å². The molecule has 1 heteroatoms. The minimum absolute atomic E-state index is 0.257. The fraction of sp³-hybridized carbons (Fsp3) is 0.529. The molecule has 0 unspecified atom stereocenters. The van der Waals surface area contributed by atoms with Crippen LogP contribution in [0.5, 0.6) is 0 Å². The van der Waals surface area contributed by atoms with Crippen LogP contribution in [0, 0.1) is 16.7 Å². The van der Waals surface area contributed by atoms with Crippen molar-refractivity contribution < 1.29 is 0 Å². The highest BCUT2D eigenvalue weighted by atomic mass is 14.7. The van der Waals surface area contributed by atoms with Crippen LogP contribution in [0.2, 0.25) is 0 Å². The topological polar surface area (TPSA) is 26.0 Å². The Labute approximate surface area is 110 Å². The first kappa shape index (κ1) is 11.8. The van der Waals surface area contributed by atoms with Gasteiger partial charge in [0.25, 0.3) is 0 Å². The smallest absolute Gasteiger partial charge is 0.0155 e. The Bertz CT molecular complexity index is 462. The van der Waals surface area contributed by atoms with Crippen LogP contribution >= 0.6 is 0 Å². The predicted molar refractivity (Wildman–Crippen MR) is 76.8 cm³/mol. The molecule has 1 nitrogen and oxygen atoms in total. The van der Waals surface area contributed by atoms with E-state index in [0.29, 0.717) is 5.41 Å². The summed E-state index contributed by atoms with van der Waals surface area (Å²) in [6.45, 7) is 4.84. The third-order valence-electron chi connectivity index (χ3n) is 5.77. The molecule has 0 saturated heterocycles. The molecule has 0 atom stereocenters. The summed E-state index contributed by atoms with van der Waals surface area (Å²) in [6.07, 6.45) is 7.47. The molecule has 1 aromatic rings. The first-order chi connectivity index (χ1) is 8.56. The zero-order valence-corrected chi connectivity index (χ0v) is 11.4. The molecule has 0 aromatic heterocycles. The molecule has 3 rings (SSSR count). The van der Waals surface area contributed by atoms with Crippen molar-refractivity contribution in [2.24, 2.45) is 22.5 Å². The molecule has 0 radical (unpaired) electrons. The SMILES string of the molecule is CC1(C)C2CCC1(C(N)=Cc1ccccc1)CC2. The van der Waals surface area contributed by atoms with Gasteiger partial charge < -0.3 is 5.73 Å². The Hall–Kier alpha value is -1.24. The van der Waals surface area contributed by atoms with E-state index in [1.54, 1.807) is 0 Å². The van der Waals surface area contributed by atoms with Gasteiger partial charge in [0, 0.05) is 11.1 Å². The normalized spacial score (nSPS) is 33.9. The van der Waals surface area contributed by atoms with Crippen LogP contribution in [0.3, 0.4) is 0 Å². The van der Waals surface area contributed by atoms with E-state index in [0.717, 1.165) is 11.6 Å². The summed E-state index contributed by atoms with van der Waals surface area (Å²) >= 11 is 0. The van der Waals surface area contributed by atoms with Crippen molar-refractivity contribution in [3.05, 3.63) is 41.6 Å². The second kappa shape index (κ2) is 3.88. The van der Waals surface area contributed by atoms with E-state index in [1.807, 2.05) is 0 Å². The molecule has 0 spiro atoms. The number of hydrogen-bond donors (Lipinski definition) is 1. The molecule has 2 bridgehead atoms. The van der Waals surface area contributed by atoms with Crippen LogP contribution in [0.25, 0.3) is 6.08 Å². The third-order valence-corrected chi connectivity index (χ3v) is 5.77. The standard InChI is InChI=1S/C17H23N/c1-16(2)14-8-10-17(16,11-9-14)15(18)12-13-6-4-3-5-7-13/h3-7,12,14H,8-11,18H2,1-2H3. The fourth-order valence-electron chi connectivity index (χ4n) is 4.40. The summed E-state index contributed by atoms with van der Waals surface area (Å²) in [5.74, 6) is 0.875. The summed E-state index contributed by atoms with van der Waals surface area (Å²) in [5, 5.41) is 0. The highest BCUT2D eigenvalue weighted by Crippen LogP contribution is 2.67. The molecule has 0 heterocycles. The van der Waals surface area contributed by atoms with Gasteiger partial charge in [0.1, 0.15) is 0 Å². The van der Waals surface area contributed by atoms with Crippen LogP contribution in [0.1, 0.15) is 45.1 Å². The molecule has 1 aromatic carbocycles. The Balaban J connectivity index is 1.98. The zero-order valence-electron chi connectivity index (χ0n) is 11.4. The van der Waals surface area contributed by atoms with Crippen LogP contribution in [0.4, 0.5) is 0 Å². The van der Waals surface area contributed by atoms with Crippen molar-refractivity contribution >= 4 is 6.08 Å². The number of hydrogen-bond acceptors (Lipinski definition) is 1. The van der Waals surface area contributed by atoms with Crippen LogP contribution < -0.4 is 5.73 Å². The lowest BCUT2D eigenvalue weighted by atomic mass is 9.67. The van der Waals surface area contributed by atoms with Gasteiger partial charge >= 0.3 is 0 Å². The number of fused-ring (bicyclic) bond motifs is 2. The largest absolute Gasteiger partial charge is 0.402 e. The lowest BCUT2D eigenvalue weighted by Gasteiger charge is -2.38. The Morgan fingerprint density at radius 2 is 1.78 bits per heavy atom. The van der Waals surface area contributed by atoms with E-state index in [1.165, 1.54) is 31.2 Å². The van der Waals surface area contributed by atoms with E-state index < -0.39 is 0 Å². The molecule has 2 fully saturated rings. The van der Waals surface area contributed by atoms with Crippen molar-refractivity contribution in [3.8, 4) is 0 Å². The summed E-state index contributed by atoms with van der Waals surface area (Å²) in [4.78, 5) is 0. The van der Waals surface area contributed by atoms with E-state index in [4.69, 9.17) is 5.73 Å². The van der Waals surface area contributed by atoms with E-state index in [-0.39, 0.29) is 5.41 Å². The maximum atomic E-state index is 6.52. The molecule has 0 aliphatic heterocycles. The molecular weight excluding hydrogens is 218 g/mol. The van der Waals surface area contributed by atoms with Gasteiger partial charge in [-0.2, -0.15) is 0 Å². The minimum Gasteiger partial charge on any atom is -0.402 e. The third kappa shape index (κ3) is 1.46. The molecule has 2 aliphatic rings. The molecular formula is C17H23N. The summed E-state index contributed by atoms with van der Waals surface area (Å²) in [5.41, 5.74) is 9.50. The highest BCUT2D eigenvalue weighted by molar-refractivity contribution is 5.54. The van der Waals surface area contributed by atoms with Gasteiger partial charge in [0.2, 0.25) is 0 Å². The molecule has 96 valence electrons. The Kier molecular flexibility index (Phi) is 2.55. The Morgan fingerprint density at radius 1 is 1.17 bits per heavy atom. The Morgan fingerprint density at radius 3 is 2.28 bits per heavy atom. The maximum absolute atomic E-state index is 6.52. The van der Waals surface area contributed by atoms with Gasteiger partial charge in [-0.1, -0.05) is 44.2 Å². The van der Waals surface area contributed by atoms with Gasteiger partial charge in [-0.3, -0.25) is 0 Å². The number of rotatable bonds is 2. The first-order valence-corrected chi connectivity index (χ1v) is 7.09. The highest BCUT2D eigenvalue weighted by Gasteiger charge is 2.59. The average molecular weight is 241 g/mol. The summed E-state index contributed by atoms with van der Waals surface area (Å²) in [7, 11) is 0. The van der Waals surface area contributed by atoms with Crippen LogP contribution in [-0.2, 0) is 0 Å². The molecule has 2 aliphatic carbocycles. The summed E-state index contributed by atoms with van der Waals surface area (Å²) in [6, 6.07) is 10.5. The van der Waals surface area contributed by atoms with Gasteiger partial charge in [-0.15, -0.1) is 0 Å². The lowest BCUT2D eigenvalue weighted by Crippen LogP contribution is -2.35. The van der Waals surface area contributed by atoms with Crippen molar-refractivity contribution in [2.75, 3.05) is 0 Å². The zero-order chi connectivity index (χ0) is 12.8. The quantitative estimate of drug-likeness (QED) is 0.825. The predicted octanol–water partition coefficient (Wildman–Crippen LogP) is 4.20. The number of nitrogens with two attached hydrogens (primary N) is 1. The van der Waals surface area contributed by atoms with Gasteiger partial charge in [0.05, 0.1) is 0 Å². The van der Waals surface area contributed by atoms with Crippen molar-refractivity contribution in [1.29, 1.82) is 0 Å². The second-order valence-electron chi connectivity index (χ2n) is 6.59. The van der Waals surface area contributed by atoms with E-state index in [2.05, 4.69) is 50.3 Å². The maximum Gasteiger partial charge on any atom is 0.0155 e. The lowest BCUT2D eigenvalue weighted by molar-refractivity contribution is 0.171. The van der Waals surface area contributed by atoms with Crippen molar-refractivity contribution in [3.63, 3.8) is 0 Å². The first-order valence-electron chi connectivity index (χ1n) is 7.09. The molecule has 0 amide bonds. The van der Waals surface area contributed by atoms with Crippen molar-refractivity contribution in [2.45, 2.75) is 39.5 Å². The van der Waals surface area contributed by atoms with Gasteiger partial charge in [-0.25, -0.2) is 0 Å². The van der Waals surface area contributed by atoms with E-state index in [9.17, 15) is 0 Å². The number of allylic oxidation sites excluding steroid dienone is 1.